The zero-order valence-corrected chi connectivity index (χ0v) is 13.8. The Balaban J connectivity index is 1.73. The van der Waals surface area contributed by atoms with Crippen molar-refractivity contribution in [3.05, 3.63) is 53.7 Å². The van der Waals surface area contributed by atoms with Gasteiger partial charge in [-0.05, 0) is 31.0 Å². The van der Waals surface area contributed by atoms with E-state index in [0.717, 1.165) is 17.7 Å². The van der Waals surface area contributed by atoms with E-state index in [-0.39, 0.29) is 19.2 Å². The van der Waals surface area contributed by atoms with Crippen molar-refractivity contribution in [2.75, 3.05) is 13.1 Å². The SMILES string of the molecule is Cc1ccc(OC2CCN(S(=O)(=O)c3cc(F)cc(F)c3)C2)nc1. The third kappa shape index (κ3) is 3.54. The van der Waals surface area contributed by atoms with Crippen LogP contribution in [0.15, 0.2) is 41.4 Å². The number of aromatic nitrogens is 1. The lowest BCUT2D eigenvalue weighted by atomic mass is 10.3. The van der Waals surface area contributed by atoms with Crippen molar-refractivity contribution in [2.45, 2.75) is 24.3 Å². The molecule has 1 aliphatic rings. The van der Waals surface area contributed by atoms with E-state index < -0.39 is 26.6 Å². The van der Waals surface area contributed by atoms with Gasteiger partial charge in [-0.25, -0.2) is 22.2 Å². The normalized spacial score (nSPS) is 18.7. The summed E-state index contributed by atoms with van der Waals surface area (Å²) in [5.74, 6) is -1.43. The quantitative estimate of drug-likeness (QED) is 0.847. The van der Waals surface area contributed by atoms with Gasteiger partial charge in [0.25, 0.3) is 0 Å². The minimum atomic E-state index is -3.96. The summed E-state index contributed by atoms with van der Waals surface area (Å²) >= 11 is 0. The van der Waals surface area contributed by atoms with Crippen LogP contribution in [0.1, 0.15) is 12.0 Å². The number of ether oxygens (including phenoxy) is 1. The molecular weight excluding hydrogens is 338 g/mol. The molecule has 1 aliphatic heterocycles. The van der Waals surface area contributed by atoms with E-state index in [1.807, 2.05) is 13.0 Å². The number of hydrogen-bond acceptors (Lipinski definition) is 4. The number of hydrogen-bond donors (Lipinski definition) is 0. The molecule has 1 atom stereocenters. The van der Waals surface area contributed by atoms with Gasteiger partial charge in [0.1, 0.15) is 17.7 Å². The monoisotopic (exact) mass is 354 g/mol. The van der Waals surface area contributed by atoms with Gasteiger partial charge >= 0.3 is 0 Å². The van der Waals surface area contributed by atoms with E-state index in [4.69, 9.17) is 4.74 Å². The minimum Gasteiger partial charge on any atom is -0.473 e. The van der Waals surface area contributed by atoms with E-state index in [0.29, 0.717) is 18.4 Å². The lowest BCUT2D eigenvalue weighted by molar-refractivity contribution is 0.207. The molecule has 1 aromatic carbocycles. The van der Waals surface area contributed by atoms with Crippen molar-refractivity contribution in [1.82, 2.24) is 9.29 Å². The molecule has 0 N–H and O–H groups in total. The van der Waals surface area contributed by atoms with Crippen molar-refractivity contribution in [2.24, 2.45) is 0 Å². The molecule has 128 valence electrons. The highest BCUT2D eigenvalue weighted by Gasteiger charge is 2.34. The van der Waals surface area contributed by atoms with Crippen LogP contribution in [0.3, 0.4) is 0 Å². The summed E-state index contributed by atoms with van der Waals surface area (Å²) in [4.78, 5) is 3.73. The molecule has 5 nitrogen and oxygen atoms in total. The number of nitrogens with zero attached hydrogens (tertiary/aromatic N) is 2. The Hall–Kier alpha value is -2.06. The van der Waals surface area contributed by atoms with Gasteiger partial charge < -0.3 is 4.74 Å². The standard InChI is InChI=1S/C16H16F2N2O3S/c1-11-2-3-16(19-9-11)23-14-4-5-20(10-14)24(21,22)15-7-12(17)6-13(18)8-15/h2-3,6-9,14H,4-5,10H2,1H3. The molecule has 3 rings (SSSR count). The molecule has 1 fully saturated rings. The molecule has 8 heteroatoms. The number of pyridine rings is 1. The maximum absolute atomic E-state index is 13.3. The molecular formula is C16H16F2N2O3S. The molecule has 0 saturated carbocycles. The lowest BCUT2D eigenvalue weighted by Crippen LogP contribution is -2.31. The molecule has 0 aliphatic carbocycles. The van der Waals surface area contributed by atoms with Gasteiger partial charge in [-0.1, -0.05) is 6.07 Å². The van der Waals surface area contributed by atoms with Crippen molar-refractivity contribution < 1.29 is 21.9 Å². The van der Waals surface area contributed by atoms with Crippen LogP contribution in [-0.4, -0.2) is 36.9 Å². The number of rotatable bonds is 4. The first-order valence-corrected chi connectivity index (χ1v) is 8.84. The van der Waals surface area contributed by atoms with Crippen LogP contribution in [-0.2, 0) is 10.0 Å². The van der Waals surface area contributed by atoms with Crippen LogP contribution in [0.4, 0.5) is 8.78 Å². The fourth-order valence-corrected chi connectivity index (χ4v) is 4.06. The predicted molar refractivity (Wildman–Crippen MR) is 83.1 cm³/mol. The number of benzene rings is 1. The second-order valence-electron chi connectivity index (χ2n) is 5.67. The third-order valence-corrected chi connectivity index (χ3v) is 5.60. The summed E-state index contributed by atoms with van der Waals surface area (Å²) in [5, 5.41) is 0. The fraction of sp³-hybridized carbons (Fsp3) is 0.312. The van der Waals surface area contributed by atoms with E-state index >= 15 is 0 Å². The maximum Gasteiger partial charge on any atom is 0.243 e. The molecule has 1 aromatic heterocycles. The maximum atomic E-state index is 13.3. The highest BCUT2D eigenvalue weighted by Crippen LogP contribution is 2.24. The van der Waals surface area contributed by atoms with Crippen LogP contribution in [0.5, 0.6) is 5.88 Å². The van der Waals surface area contributed by atoms with Gasteiger partial charge in [0, 0.05) is 24.9 Å². The van der Waals surface area contributed by atoms with E-state index in [1.165, 1.54) is 4.31 Å². The summed E-state index contributed by atoms with van der Waals surface area (Å²) < 4.78 is 58.4. The van der Waals surface area contributed by atoms with E-state index in [9.17, 15) is 17.2 Å². The van der Waals surface area contributed by atoms with Crippen LogP contribution in [0.2, 0.25) is 0 Å². The Morgan fingerprint density at radius 1 is 1.21 bits per heavy atom. The third-order valence-electron chi connectivity index (χ3n) is 3.75. The van der Waals surface area contributed by atoms with E-state index in [1.54, 1.807) is 12.3 Å². The van der Waals surface area contributed by atoms with Crippen molar-refractivity contribution in [3.8, 4) is 5.88 Å². The Bertz CT molecular complexity index is 821. The second-order valence-corrected chi connectivity index (χ2v) is 7.61. The minimum absolute atomic E-state index is 0.107. The van der Waals surface area contributed by atoms with Crippen molar-refractivity contribution in [1.29, 1.82) is 0 Å². The van der Waals surface area contributed by atoms with Crippen LogP contribution in [0, 0.1) is 18.6 Å². The van der Waals surface area contributed by atoms with Gasteiger partial charge in [0.2, 0.25) is 15.9 Å². The first-order valence-electron chi connectivity index (χ1n) is 7.40. The van der Waals surface area contributed by atoms with Crippen LogP contribution < -0.4 is 4.74 Å². The number of halogens is 2. The zero-order chi connectivity index (χ0) is 17.3. The Labute approximate surface area is 138 Å². The van der Waals surface area contributed by atoms with Gasteiger partial charge in [0.05, 0.1) is 11.4 Å². The predicted octanol–water partition coefficient (Wildman–Crippen LogP) is 2.51. The molecule has 0 spiro atoms. The lowest BCUT2D eigenvalue weighted by Gasteiger charge is -2.17. The second kappa shape index (κ2) is 6.45. The van der Waals surface area contributed by atoms with Crippen molar-refractivity contribution in [3.63, 3.8) is 0 Å². The van der Waals surface area contributed by atoms with Gasteiger partial charge in [-0.2, -0.15) is 4.31 Å². The van der Waals surface area contributed by atoms with Crippen LogP contribution >= 0.6 is 0 Å². The van der Waals surface area contributed by atoms with Gasteiger partial charge in [0.15, 0.2) is 0 Å². The first-order chi connectivity index (χ1) is 11.3. The van der Waals surface area contributed by atoms with Gasteiger partial charge in [-0.3, -0.25) is 0 Å². The highest BCUT2D eigenvalue weighted by molar-refractivity contribution is 7.89. The highest BCUT2D eigenvalue weighted by atomic mass is 32.2. The van der Waals surface area contributed by atoms with Crippen LogP contribution in [0.25, 0.3) is 0 Å². The molecule has 1 saturated heterocycles. The number of sulfonamides is 1. The smallest absolute Gasteiger partial charge is 0.243 e. The Kier molecular flexibility index (Phi) is 4.51. The molecule has 2 aromatic rings. The topological polar surface area (TPSA) is 59.5 Å². The summed E-state index contributed by atoms with van der Waals surface area (Å²) in [6, 6.07) is 5.83. The van der Waals surface area contributed by atoms with Gasteiger partial charge in [-0.15, -0.1) is 0 Å². The molecule has 0 bridgehead atoms. The Morgan fingerprint density at radius 3 is 2.54 bits per heavy atom. The zero-order valence-electron chi connectivity index (χ0n) is 12.9. The van der Waals surface area contributed by atoms with E-state index in [2.05, 4.69) is 4.98 Å². The summed E-state index contributed by atoms with van der Waals surface area (Å²) in [7, 11) is -3.96. The Morgan fingerprint density at radius 2 is 1.92 bits per heavy atom. The molecule has 1 unspecified atom stereocenters. The fourth-order valence-electron chi connectivity index (χ4n) is 2.53. The molecule has 2 heterocycles. The molecule has 0 radical (unpaired) electrons. The summed E-state index contributed by atoms with van der Waals surface area (Å²) in [6.45, 7) is 2.23. The molecule has 0 amide bonds. The van der Waals surface area contributed by atoms with Crippen molar-refractivity contribution >= 4 is 10.0 Å². The number of aryl methyl sites for hydroxylation is 1. The first kappa shape index (κ1) is 16.8. The largest absolute Gasteiger partial charge is 0.473 e. The molecule has 24 heavy (non-hydrogen) atoms. The average molecular weight is 354 g/mol. The summed E-state index contributed by atoms with van der Waals surface area (Å²) in [6.07, 6.45) is 1.79. The summed E-state index contributed by atoms with van der Waals surface area (Å²) in [5.41, 5.74) is 0.992. The average Bonchev–Trinajstić information content (AvgIpc) is 2.98.